The molecule has 5 heteroatoms. The zero-order valence-corrected chi connectivity index (χ0v) is 10.6. The van der Waals surface area contributed by atoms with Crippen molar-refractivity contribution in [1.29, 1.82) is 0 Å². The molecule has 1 aromatic rings. The van der Waals surface area contributed by atoms with E-state index in [0.717, 1.165) is 0 Å². The van der Waals surface area contributed by atoms with Gasteiger partial charge in [-0.1, -0.05) is 18.5 Å². The first kappa shape index (κ1) is 13.8. The summed E-state index contributed by atoms with van der Waals surface area (Å²) in [6.07, 6.45) is 0. The number of anilines is 1. The Bertz CT molecular complexity index is 398. The zero-order chi connectivity index (χ0) is 12.8. The molecule has 0 aliphatic rings. The van der Waals surface area contributed by atoms with Crippen LogP contribution in [-0.4, -0.2) is 19.1 Å². The molecule has 94 valence electrons. The molecule has 0 saturated carbocycles. The van der Waals surface area contributed by atoms with Crippen LogP contribution in [-0.2, 0) is 9.53 Å². The van der Waals surface area contributed by atoms with Crippen molar-refractivity contribution in [2.24, 2.45) is 5.92 Å². The summed E-state index contributed by atoms with van der Waals surface area (Å²) in [6, 6.07) is 4.41. The highest BCUT2D eigenvalue weighted by atomic mass is 35.5. The Morgan fingerprint density at radius 3 is 2.88 bits per heavy atom. The van der Waals surface area contributed by atoms with E-state index in [-0.39, 0.29) is 16.9 Å². The Kier molecular flexibility index (Phi) is 5.22. The summed E-state index contributed by atoms with van der Waals surface area (Å²) < 4.78 is 18.0. The summed E-state index contributed by atoms with van der Waals surface area (Å²) >= 11 is 5.56. The van der Waals surface area contributed by atoms with Gasteiger partial charge in [0, 0.05) is 12.2 Å². The van der Waals surface area contributed by atoms with Crippen molar-refractivity contribution in [2.45, 2.75) is 13.8 Å². The summed E-state index contributed by atoms with van der Waals surface area (Å²) in [5.41, 5.74) is 0.586. The minimum atomic E-state index is -0.486. The molecule has 0 radical (unpaired) electrons. The lowest BCUT2D eigenvalue weighted by Gasteiger charge is -2.12. The third-order valence-corrected chi connectivity index (χ3v) is 2.53. The number of nitrogens with one attached hydrogen (secondary N) is 1. The van der Waals surface area contributed by atoms with E-state index in [9.17, 15) is 9.18 Å². The quantitative estimate of drug-likeness (QED) is 0.826. The molecular formula is C12H15ClFNO2. The number of esters is 1. The van der Waals surface area contributed by atoms with Crippen LogP contribution < -0.4 is 5.32 Å². The largest absolute Gasteiger partial charge is 0.466 e. The fraction of sp³-hybridized carbons (Fsp3) is 0.417. The second kappa shape index (κ2) is 6.45. The third-order valence-electron chi connectivity index (χ3n) is 2.22. The fourth-order valence-electron chi connectivity index (χ4n) is 1.24. The summed E-state index contributed by atoms with van der Waals surface area (Å²) in [7, 11) is 0. The van der Waals surface area contributed by atoms with Crippen molar-refractivity contribution in [3.05, 3.63) is 29.0 Å². The van der Waals surface area contributed by atoms with Crippen LogP contribution in [0, 0.1) is 11.7 Å². The van der Waals surface area contributed by atoms with Gasteiger partial charge in [-0.05, 0) is 25.1 Å². The van der Waals surface area contributed by atoms with E-state index in [4.69, 9.17) is 16.3 Å². The molecule has 17 heavy (non-hydrogen) atoms. The van der Waals surface area contributed by atoms with E-state index in [1.807, 2.05) is 0 Å². The lowest BCUT2D eigenvalue weighted by Crippen LogP contribution is -2.22. The first-order valence-electron chi connectivity index (χ1n) is 5.40. The van der Waals surface area contributed by atoms with Crippen molar-refractivity contribution < 1.29 is 13.9 Å². The minimum absolute atomic E-state index is 0.0778. The predicted octanol–water partition coefficient (Wildman–Crippen LogP) is 3.09. The predicted molar refractivity (Wildman–Crippen MR) is 65.7 cm³/mol. The number of rotatable bonds is 5. The van der Waals surface area contributed by atoms with Gasteiger partial charge in [-0.2, -0.15) is 0 Å². The molecule has 3 nitrogen and oxygen atoms in total. The molecule has 1 N–H and O–H groups in total. The van der Waals surface area contributed by atoms with Crippen LogP contribution >= 0.6 is 11.6 Å². The number of benzene rings is 1. The van der Waals surface area contributed by atoms with Crippen molar-refractivity contribution in [2.75, 3.05) is 18.5 Å². The Balaban J connectivity index is 2.50. The Labute approximate surface area is 105 Å². The molecule has 0 aromatic heterocycles. The van der Waals surface area contributed by atoms with Gasteiger partial charge in [0.15, 0.2) is 0 Å². The van der Waals surface area contributed by atoms with Gasteiger partial charge in [-0.15, -0.1) is 0 Å². The maximum atomic E-state index is 13.1. The van der Waals surface area contributed by atoms with Crippen LogP contribution in [0.25, 0.3) is 0 Å². The van der Waals surface area contributed by atoms with E-state index in [1.54, 1.807) is 19.9 Å². The summed E-state index contributed by atoms with van der Waals surface area (Å²) in [5.74, 6) is -1.04. The molecule has 0 spiro atoms. The number of carbonyl (C=O) groups excluding carboxylic acids is 1. The maximum Gasteiger partial charge on any atom is 0.310 e. The fourth-order valence-corrected chi connectivity index (χ4v) is 1.36. The van der Waals surface area contributed by atoms with Gasteiger partial charge in [-0.25, -0.2) is 4.39 Å². The summed E-state index contributed by atoms with van der Waals surface area (Å²) in [6.45, 7) is 4.25. The number of ether oxygens (including phenoxy) is 1. The number of halogens is 2. The highest BCUT2D eigenvalue weighted by Gasteiger charge is 2.13. The standard InChI is InChI=1S/C12H15ClFNO2/c1-3-17-12(16)8(2)7-15-9-4-5-10(13)11(14)6-9/h4-6,8,15H,3,7H2,1-2H3. The van der Waals surface area contributed by atoms with Crippen LogP contribution in [0.3, 0.4) is 0 Å². The molecule has 0 aliphatic heterocycles. The second-order valence-corrected chi connectivity index (χ2v) is 4.07. The van der Waals surface area contributed by atoms with Crippen LogP contribution in [0.5, 0.6) is 0 Å². The molecule has 0 amide bonds. The molecule has 0 heterocycles. The molecule has 0 bridgehead atoms. The number of hydrogen-bond acceptors (Lipinski definition) is 3. The lowest BCUT2D eigenvalue weighted by atomic mass is 10.2. The maximum absolute atomic E-state index is 13.1. The highest BCUT2D eigenvalue weighted by Crippen LogP contribution is 2.18. The number of hydrogen-bond donors (Lipinski definition) is 1. The highest BCUT2D eigenvalue weighted by molar-refractivity contribution is 6.30. The Morgan fingerprint density at radius 2 is 2.29 bits per heavy atom. The van der Waals surface area contributed by atoms with Crippen molar-refractivity contribution >= 4 is 23.3 Å². The van der Waals surface area contributed by atoms with E-state index in [2.05, 4.69) is 5.32 Å². The molecule has 1 rings (SSSR count). The molecule has 1 unspecified atom stereocenters. The molecule has 0 saturated heterocycles. The van der Waals surface area contributed by atoms with Crippen molar-refractivity contribution in [3.63, 3.8) is 0 Å². The molecule has 0 aliphatic carbocycles. The Hall–Kier alpha value is -1.29. The van der Waals surface area contributed by atoms with Gasteiger partial charge in [0.2, 0.25) is 0 Å². The minimum Gasteiger partial charge on any atom is -0.466 e. The average molecular weight is 260 g/mol. The van der Waals surface area contributed by atoms with E-state index >= 15 is 0 Å². The molecule has 0 fully saturated rings. The van der Waals surface area contributed by atoms with Gasteiger partial charge in [0.1, 0.15) is 5.82 Å². The van der Waals surface area contributed by atoms with Crippen LogP contribution in [0.15, 0.2) is 18.2 Å². The zero-order valence-electron chi connectivity index (χ0n) is 9.80. The Morgan fingerprint density at radius 1 is 1.59 bits per heavy atom. The van der Waals surface area contributed by atoms with E-state index < -0.39 is 5.82 Å². The lowest BCUT2D eigenvalue weighted by molar-refractivity contribution is -0.146. The molecule has 1 atom stereocenters. The normalized spacial score (nSPS) is 12.0. The molecule has 1 aromatic carbocycles. The van der Waals surface area contributed by atoms with E-state index in [0.29, 0.717) is 18.8 Å². The monoisotopic (exact) mass is 259 g/mol. The topological polar surface area (TPSA) is 38.3 Å². The SMILES string of the molecule is CCOC(=O)C(C)CNc1ccc(Cl)c(F)c1. The summed E-state index contributed by atoms with van der Waals surface area (Å²) in [5, 5.41) is 3.03. The number of carbonyl (C=O) groups is 1. The van der Waals surface area contributed by atoms with Gasteiger partial charge >= 0.3 is 5.97 Å². The summed E-state index contributed by atoms with van der Waals surface area (Å²) in [4.78, 5) is 11.3. The van der Waals surface area contributed by atoms with Crippen molar-refractivity contribution in [3.8, 4) is 0 Å². The first-order valence-corrected chi connectivity index (χ1v) is 5.78. The first-order chi connectivity index (χ1) is 8.04. The third kappa shape index (κ3) is 4.23. The molecular weight excluding hydrogens is 245 g/mol. The van der Waals surface area contributed by atoms with Gasteiger partial charge < -0.3 is 10.1 Å². The van der Waals surface area contributed by atoms with Crippen LogP contribution in [0.1, 0.15) is 13.8 Å². The van der Waals surface area contributed by atoms with E-state index in [1.165, 1.54) is 12.1 Å². The van der Waals surface area contributed by atoms with Gasteiger partial charge in [0.05, 0.1) is 17.5 Å². The van der Waals surface area contributed by atoms with Gasteiger partial charge in [-0.3, -0.25) is 4.79 Å². The van der Waals surface area contributed by atoms with Gasteiger partial charge in [0.25, 0.3) is 0 Å². The van der Waals surface area contributed by atoms with Crippen LogP contribution in [0.2, 0.25) is 5.02 Å². The van der Waals surface area contributed by atoms with Crippen LogP contribution in [0.4, 0.5) is 10.1 Å². The smallest absolute Gasteiger partial charge is 0.310 e. The second-order valence-electron chi connectivity index (χ2n) is 3.66. The van der Waals surface area contributed by atoms with Crippen molar-refractivity contribution in [1.82, 2.24) is 0 Å². The average Bonchev–Trinajstić information content (AvgIpc) is 2.30.